The lowest BCUT2D eigenvalue weighted by Gasteiger charge is -2.19. The van der Waals surface area contributed by atoms with Crippen molar-refractivity contribution in [2.75, 3.05) is 0 Å². The van der Waals surface area contributed by atoms with Crippen molar-refractivity contribution in [1.82, 2.24) is 0 Å². The van der Waals surface area contributed by atoms with Crippen LogP contribution in [0.1, 0.15) is 23.3 Å². The fourth-order valence-corrected chi connectivity index (χ4v) is 2.09. The van der Waals surface area contributed by atoms with Crippen LogP contribution in [0.15, 0.2) is 48.5 Å². The minimum atomic E-state index is -0.801. The standard InChI is InChI=1S/C14H13Cl2NO/c15-11-6-4-9(5-7-11)13(17)14(18)10-2-1-3-12(16)8-10/h1-8,13-14,18H,17H2/t13-,14?/m0/s1. The van der Waals surface area contributed by atoms with Gasteiger partial charge >= 0.3 is 0 Å². The first-order chi connectivity index (χ1) is 8.58. The average molecular weight is 282 g/mol. The second-order valence-corrected chi connectivity index (χ2v) is 4.95. The van der Waals surface area contributed by atoms with Crippen molar-refractivity contribution in [2.45, 2.75) is 12.1 Å². The molecule has 2 aromatic rings. The zero-order valence-electron chi connectivity index (χ0n) is 9.55. The number of rotatable bonds is 3. The lowest BCUT2D eigenvalue weighted by molar-refractivity contribution is 0.147. The molecule has 2 aromatic carbocycles. The Hall–Kier alpha value is -1.06. The molecule has 0 fully saturated rings. The van der Waals surface area contributed by atoms with Crippen molar-refractivity contribution in [1.29, 1.82) is 0 Å². The van der Waals surface area contributed by atoms with Gasteiger partial charge in [0.2, 0.25) is 0 Å². The van der Waals surface area contributed by atoms with Crippen LogP contribution in [-0.4, -0.2) is 5.11 Å². The lowest BCUT2D eigenvalue weighted by Crippen LogP contribution is -2.19. The maximum Gasteiger partial charge on any atom is 0.0983 e. The minimum absolute atomic E-state index is 0.513. The van der Waals surface area contributed by atoms with E-state index in [1.54, 1.807) is 48.5 Å². The Morgan fingerprint density at radius 2 is 1.56 bits per heavy atom. The predicted octanol–water partition coefficient (Wildman–Crippen LogP) is 3.73. The third-order valence-electron chi connectivity index (χ3n) is 2.79. The highest BCUT2D eigenvalue weighted by atomic mass is 35.5. The maximum absolute atomic E-state index is 10.2. The van der Waals surface area contributed by atoms with Crippen LogP contribution in [0.3, 0.4) is 0 Å². The Kier molecular flexibility index (Phi) is 4.25. The van der Waals surface area contributed by atoms with Gasteiger partial charge in [-0.25, -0.2) is 0 Å². The zero-order chi connectivity index (χ0) is 13.1. The van der Waals surface area contributed by atoms with Crippen molar-refractivity contribution in [2.24, 2.45) is 5.73 Å². The summed E-state index contributed by atoms with van der Waals surface area (Å²) in [6.07, 6.45) is -0.801. The van der Waals surface area contributed by atoms with Crippen LogP contribution >= 0.6 is 23.2 Å². The summed E-state index contributed by atoms with van der Waals surface area (Å²) in [6, 6.07) is 13.7. The van der Waals surface area contributed by atoms with Crippen molar-refractivity contribution in [3.8, 4) is 0 Å². The summed E-state index contributed by atoms with van der Waals surface area (Å²) in [5.41, 5.74) is 7.56. The van der Waals surface area contributed by atoms with E-state index in [0.717, 1.165) is 5.56 Å². The van der Waals surface area contributed by atoms with E-state index in [1.165, 1.54) is 0 Å². The lowest BCUT2D eigenvalue weighted by atomic mass is 9.97. The van der Waals surface area contributed by atoms with Crippen molar-refractivity contribution in [3.63, 3.8) is 0 Å². The van der Waals surface area contributed by atoms with Gasteiger partial charge in [0.1, 0.15) is 0 Å². The summed E-state index contributed by atoms with van der Waals surface area (Å²) in [5, 5.41) is 11.4. The largest absolute Gasteiger partial charge is 0.386 e. The first-order valence-corrected chi connectivity index (χ1v) is 6.28. The van der Waals surface area contributed by atoms with Gasteiger partial charge in [0.15, 0.2) is 0 Å². The molecule has 0 aliphatic carbocycles. The van der Waals surface area contributed by atoms with E-state index in [-0.39, 0.29) is 0 Å². The van der Waals surface area contributed by atoms with Gasteiger partial charge in [0.25, 0.3) is 0 Å². The van der Waals surface area contributed by atoms with Gasteiger partial charge in [-0.15, -0.1) is 0 Å². The van der Waals surface area contributed by atoms with Crippen LogP contribution in [0.2, 0.25) is 10.0 Å². The van der Waals surface area contributed by atoms with Crippen molar-refractivity contribution in [3.05, 3.63) is 69.7 Å². The fourth-order valence-electron chi connectivity index (χ4n) is 1.77. The van der Waals surface area contributed by atoms with E-state index in [1.807, 2.05) is 0 Å². The average Bonchev–Trinajstić information content (AvgIpc) is 2.38. The third-order valence-corrected chi connectivity index (χ3v) is 3.27. The van der Waals surface area contributed by atoms with Crippen molar-refractivity contribution < 1.29 is 5.11 Å². The molecule has 0 aliphatic rings. The number of halogens is 2. The first-order valence-electron chi connectivity index (χ1n) is 5.52. The first kappa shape index (κ1) is 13.4. The molecule has 0 radical (unpaired) electrons. The molecule has 0 bridgehead atoms. The molecule has 18 heavy (non-hydrogen) atoms. The minimum Gasteiger partial charge on any atom is -0.386 e. The number of nitrogens with two attached hydrogens (primary N) is 1. The molecule has 2 nitrogen and oxygen atoms in total. The SMILES string of the molecule is N[C@@H](c1ccc(Cl)cc1)C(O)c1cccc(Cl)c1. The summed E-state index contributed by atoms with van der Waals surface area (Å²) in [5.74, 6) is 0. The van der Waals surface area contributed by atoms with Gasteiger partial charge in [-0.05, 0) is 35.4 Å². The molecular weight excluding hydrogens is 269 g/mol. The number of benzene rings is 2. The second-order valence-electron chi connectivity index (χ2n) is 4.08. The van der Waals surface area contributed by atoms with Crippen LogP contribution in [0.25, 0.3) is 0 Å². The molecule has 0 aromatic heterocycles. The van der Waals surface area contributed by atoms with E-state index >= 15 is 0 Å². The molecule has 0 heterocycles. The zero-order valence-corrected chi connectivity index (χ0v) is 11.1. The maximum atomic E-state index is 10.2. The number of hydrogen-bond acceptors (Lipinski definition) is 2. The smallest absolute Gasteiger partial charge is 0.0983 e. The van der Waals surface area contributed by atoms with E-state index in [2.05, 4.69) is 0 Å². The molecule has 0 spiro atoms. The van der Waals surface area contributed by atoms with Crippen LogP contribution in [0.5, 0.6) is 0 Å². The Balaban J connectivity index is 2.23. The van der Waals surface area contributed by atoms with E-state index in [4.69, 9.17) is 28.9 Å². The normalized spacial score (nSPS) is 14.2. The van der Waals surface area contributed by atoms with Crippen LogP contribution < -0.4 is 5.73 Å². The molecule has 0 saturated heterocycles. The number of aliphatic hydroxyl groups is 1. The molecular formula is C14H13Cl2NO. The summed E-state index contributed by atoms with van der Waals surface area (Å²) >= 11 is 11.7. The Bertz CT molecular complexity index is 528. The molecule has 94 valence electrons. The van der Waals surface area contributed by atoms with Crippen LogP contribution in [-0.2, 0) is 0 Å². The predicted molar refractivity (Wildman–Crippen MR) is 74.8 cm³/mol. The third kappa shape index (κ3) is 3.03. The van der Waals surface area contributed by atoms with E-state index in [0.29, 0.717) is 15.6 Å². The number of aliphatic hydroxyl groups excluding tert-OH is 1. The summed E-state index contributed by atoms with van der Waals surface area (Å²) < 4.78 is 0. The molecule has 1 unspecified atom stereocenters. The molecule has 2 atom stereocenters. The van der Waals surface area contributed by atoms with E-state index in [9.17, 15) is 5.11 Å². The molecule has 2 rings (SSSR count). The van der Waals surface area contributed by atoms with Gasteiger partial charge in [0.05, 0.1) is 12.1 Å². The number of hydrogen-bond donors (Lipinski definition) is 2. The highest BCUT2D eigenvalue weighted by Gasteiger charge is 2.18. The highest BCUT2D eigenvalue weighted by molar-refractivity contribution is 6.30. The summed E-state index contributed by atoms with van der Waals surface area (Å²) in [6.45, 7) is 0. The van der Waals surface area contributed by atoms with Crippen LogP contribution in [0.4, 0.5) is 0 Å². The van der Waals surface area contributed by atoms with Crippen molar-refractivity contribution >= 4 is 23.2 Å². The Morgan fingerprint density at radius 1 is 0.889 bits per heavy atom. The van der Waals surface area contributed by atoms with Gasteiger partial charge in [-0.1, -0.05) is 47.5 Å². The molecule has 0 aliphatic heterocycles. The van der Waals surface area contributed by atoms with Gasteiger partial charge in [0, 0.05) is 10.0 Å². The molecule has 3 N–H and O–H groups in total. The molecule has 0 amide bonds. The fraction of sp³-hybridized carbons (Fsp3) is 0.143. The van der Waals surface area contributed by atoms with E-state index < -0.39 is 12.1 Å². The quantitative estimate of drug-likeness (QED) is 0.901. The van der Waals surface area contributed by atoms with Gasteiger partial charge in [-0.2, -0.15) is 0 Å². The van der Waals surface area contributed by atoms with Crippen LogP contribution in [0, 0.1) is 0 Å². The summed E-state index contributed by atoms with van der Waals surface area (Å²) in [7, 11) is 0. The second kappa shape index (κ2) is 5.72. The Morgan fingerprint density at radius 3 is 2.17 bits per heavy atom. The monoisotopic (exact) mass is 281 g/mol. The molecule has 4 heteroatoms. The van der Waals surface area contributed by atoms with Gasteiger partial charge in [-0.3, -0.25) is 0 Å². The Labute approximate surface area is 116 Å². The summed E-state index contributed by atoms with van der Waals surface area (Å²) in [4.78, 5) is 0. The van der Waals surface area contributed by atoms with Gasteiger partial charge < -0.3 is 10.8 Å². The topological polar surface area (TPSA) is 46.2 Å². The highest BCUT2D eigenvalue weighted by Crippen LogP contribution is 2.28. The molecule has 0 saturated carbocycles.